The van der Waals surface area contributed by atoms with Crippen molar-refractivity contribution in [3.05, 3.63) is 47.3 Å². The Bertz CT molecular complexity index is 950. The number of methoxy groups -OCH3 is 1. The predicted octanol–water partition coefficient (Wildman–Crippen LogP) is 2.41. The van der Waals surface area contributed by atoms with E-state index in [4.69, 9.17) is 9.47 Å². The third kappa shape index (κ3) is 3.22. The Labute approximate surface area is 168 Å². The fraction of sp³-hybridized carbons (Fsp3) is 0.421. The van der Waals surface area contributed by atoms with Crippen molar-refractivity contribution in [2.75, 3.05) is 33.4 Å². The van der Waals surface area contributed by atoms with Crippen LogP contribution in [0.4, 0.5) is 0 Å². The number of ether oxygens (including phenoxy) is 2. The first-order valence-electron chi connectivity index (χ1n) is 9.10. The van der Waals surface area contributed by atoms with Gasteiger partial charge in [-0.05, 0) is 23.6 Å². The number of amides is 1. The number of rotatable bonds is 4. The molecule has 2 aromatic rings. The SMILES string of the molecule is COc1ccccc1C(=O)N1CCC2(CC1)OCCN2S(=O)(=O)c1cccs1. The van der Waals surface area contributed by atoms with Gasteiger partial charge in [0.05, 0.1) is 19.3 Å². The van der Waals surface area contributed by atoms with Crippen molar-refractivity contribution in [3.63, 3.8) is 0 Å². The number of piperidine rings is 1. The molecule has 0 aliphatic carbocycles. The Kier molecular flexibility index (Phi) is 5.17. The zero-order chi connectivity index (χ0) is 19.8. The molecule has 0 atom stereocenters. The van der Waals surface area contributed by atoms with Crippen LogP contribution in [0.25, 0.3) is 0 Å². The van der Waals surface area contributed by atoms with Crippen molar-refractivity contribution in [2.24, 2.45) is 0 Å². The first kappa shape index (κ1) is 19.4. The number of para-hydroxylation sites is 1. The zero-order valence-corrected chi connectivity index (χ0v) is 17.2. The van der Waals surface area contributed by atoms with E-state index in [2.05, 4.69) is 0 Å². The standard InChI is InChI=1S/C19H22N2O5S2/c1-25-16-6-3-2-5-15(16)18(22)20-10-8-19(9-11-20)21(12-13-26-19)28(23,24)17-7-4-14-27-17/h2-7,14H,8-13H2,1H3. The minimum Gasteiger partial charge on any atom is -0.496 e. The van der Waals surface area contributed by atoms with Gasteiger partial charge in [-0.1, -0.05) is 18.2 Å². The number of thiophene rings is 1. The molecule has 1 spiro atoms. The van der Waals surface area contributed by atoms with Crippen LogP contribution in [0.15, 0.2) is 46.0 Å². The lowest BCUT2D eigenvalue weighted by Crippen LogP contribution is -2.55. The van der Waals surface area contributed by atoms with Gasteiger partial charge < -0.3 is 14.4 Å². The van der Waals surface area contributed by atoms with Crippen LogP contribution in [0.1, 0.15) is 23.2 Å². The topological polar surface area (TPSA) is 76.2 Å². The first-order valence-corrected chi connectivity index (χ1v) is 11.4. The van der Waals surface area contributed by atoms with Gasteiger partial charge in [0.15, 0.2) is 0 Å². The highest BCUT2D eigenvalue weighted by Crippen LogP contribution is 2.39. The lowest BCUT2D eigenvalue weighted by atomic mass is 9.99. The van der Waals surface area contributed by atoms with E-state index < -0.39 is 15.7 Å². The molecule has 4 rings (SSSR count). The molecule has 2 aliphatic rings. The molecule has 1 aromatic carbocycles. The Morgan fingerprint density at radius 1 is 1.14 bits per heavy atom. The summed E-state index contributed by atoms with van der Waals surface area (Å²) in [6.45, 7) is 1.55. The highest BCUT2D eigenvalue weighted by molar-refractivity contribution is 7.91. The fourth-order valence-electron chi connectivity index (χ4n) is 3.90. The molecule has 2 aliphatic heterocycles. The van der Waals surface area contributed by atoms with E-state index >= 15 is 0 Å². The van der Waals surface area contributed by atoms with Gasteiger partial charge in [0.2, 0.25) is 0 Å². The second-order valence-corrected chi connectivity index (χ2v) is 9.83. The summed E-state index contributed by atoms with van der Waals surface area (Å²) < 4.78 is 39.1. The smallest absolute Gasteiger partial charge is 0.257 e. The largest absolute Gasteiger partial charge is 0.496 e. The van der Waals surface area contributed by atoms with E-state index in [0.717, 1.165) is 0 Å². The fourth-order valence-corrected chi connectivity index (χ4v) is 6.72. The summed E-state index contributed by atoms with van der Waals surface area (Å²) >= 11 is 1.21. The lowest BCUT2D eigenvalue weighted by Gasteiger charge is -2.42. The molecule has 0 N–H and O–H groups in total. The van der Waals surface area contributed by atoms with Crippen molar-refractivity contribution in [2.45, 2.75) is 22.8 Å². The lowest BCUT2D eigenvalue weighted by molar-refractivity contribution is -0.0856. The molecule has 9 heteroatoms. The molecular weight excluding hydrogens is 400 g/mol. The molecule has 0 unspecified atom stereocenters. The molecule has 28 heavy (non-hydrogen) atoms. The van der Waals surface area contributed by atoms with Crippen molar-refractivity contribution in [3.8, 4) is 5.75 Å². The van der Waals surface area contributed by atoms with E-state index in [-0.39, 0.29) is 5.91 Å². The number of carbonyl (C=O) groups excluding carboxylic acids is 1. The van der Waals surface area contributed by atoms with Crippen LogP contribution < -0.4 is 4.74 Å². The average molecular weight is 423 g/mol. The van der Waals surface area contributed by atoms with Gasteiger partial charge in [-0.2, -0.15) is 4.31 Å². The number of hydrogen-bond acceptors (Lipinski definition) is 6. The number of likely N-dealkylation sites (tertiary alicyclic amines) is 1. The van der Waals surface area contributed by atoms with E-state index in [1.54, 1.807) is 40.6 Å². The third-order valence-electron chi connectivity index (χ3n) is 5.33. The van der Waals surface area contributed by atoms with Gasteiger partial charge in [-0.15, -0.1) is 11.3 Å². The van der Waals surface area contributed by atoms with Crippen LogP contribution in [-0.4, -0.2) is 62.6 Å². The quantitative estimate of drug-likeness (QED) is 0.756. The van der Waals surface area contributed by atoms with Crippen LogP contribution in [0.3, 0.4) is 0 Å². The summed E-state index contributed by atoms with van der Waals surface area (Å²) in [6, 6.07) is 10.5. The van der Waals surface area contributed by atoms with Crippen LogP contribution in [0, 0.1) is 0 Å². The first-order chi connectivity index (χ1) is 13.5. The van der Waals surface area contributed by atoms with Crippen LogP contribution in [0.5, 0.6) is 5.75 Å². The van der Waals surface area contributed by atoms with Crippen LogP contribution in [0.2, 0.25) is 0 Å². The van der Waals surface area contributed by atoms with Crippen molar-refractivity contribution in [1.29, 1.82) is 0 Å². The second-order valence-electron chi connectivity index (χ2n) is 6.80. The third-order valence-corrected chi connectivity index (χ3v) is 8.65. The number of nitrogens with zero attached hydrogens (tertiary/aromatic N) is 2. The monoisotopic (exact) mass is 422 g/mol. The van der Waals surface area contributed by atoms with Crippen molar-refractivity contribution >= 4 is 27.3 Å². The highest BCUT2D eigenvalue weighted by atomic mass is 32.2. The van der Waals surface area contributed by atoms with Gasteiger partial charge in [0.25, 0.3) is 15.9 Å². The molecule has 2 saturated heterocycles. The molecule has 150 valence electrons. The Hall–Kier alpha value is -1.94. The number of hydrogen-bond donors (Lipinski definition) is 0. The molecular formula is C19H22N2O5S2. The second kappa shape index (κ2) is 7.47. The Morgan fingerprint density at radius 2 is 1.89 bits per heavy atom. The van der Waals surface area contributed by atoms with Crippen molar-refractivity contribution < 1.29 is 22.7 Å². The summed E-state index contributed by atoms with van der Waals surface area (Å²) in [5.74, 6) is 0.421. The molecule has 0 radical (unpaired) electrons. The van der Waals surface area contributed by atoms with Crippen LogP contribution in [-0.2, 0) is 14.8 Å². The molecule has 1 aromatic heterocycles. The maximum absolute atomic E-state index is 13.0. The molecule has 2 fully saturated rings. The minimum absolute atomic E-state index is 0.113. The summed E-state index contributed by atoms with van der Waals surface area (Å²) in [5.41, 5.74) is -0.364. The summed E-state index contributed by atoms with van der Waals surface area (Å²) in [4.78, 5) is 14.7. The highest BCUT2D eigenvalue weighted by Gasteiger charge is 2.51. The van der Waals surface area contributed by atoms with Gasteiger partial charge in [0, 0.05) is 32.5 Å². The summed E-state index contributed by atoms with van der Waals surface area (Å²) in [7, 11) is -2.06. The Balaban J connectivity index is 1.52. The number of carbonyl (C=O) groups is 1. The van der Waals surface area contributed by atoms with E-state index in [9.17, 15) is 13.2 Å². The average Bonchev–Trinajstić information content (AvgIpc) is 3.39. The van der Waals surface area contributed by atoms with Gasteiger partial charge in [-0.25, -0.2) is 8.42 Å². The van der Waals surface area contributed by atoms with E-state index in [0.29, 0.717) is 54.6 Å². The molecule has 3 heterocycles. The molecule has 0 saturated carbocycles. The zero-order valence-electron chi connectivity index (χ0n) is 15.5. The van der Waals surface area contributed by atoms with Gasteiger partial charge in [0.1, 0.15) is 15.7 Å². The number of sulfonamides is 1. The maximum Gasteiger partial charge on any atom is 0.257 e. The predicted molar refractivity (Wildman–Crippen MR) is 105 cm³/mol. The normalized spacial score (nSPS) is 19.8. The molecule has 7 nitrogen and oxygen atoms in total. The molecule has 1 amide bonds. The minimum atomic E-state index is -3.60. The summed E-state index contributed by atoms with van der Waals surface area (Å²) in [6.07, 6.45) is 0.886. The van der Waals surface area contributed by atoms with Crippen LogP contribution >= 0.6 is 11.3 Å². The maximum atomic E-state index is 13.0. The molecule has 0 bridgehead atoms. The Morgan fingerprint density at radius 3 is 2.57 bits per heavy atom. The summed E-state index contributed by atoms with van der Waals surface area (Å²) in [5, 5.41) is 1.75. The number of benzene rings is 1. The van der Waals surface area contributed by atoms with E-state index in [1.807, 2.05) is 6.07 Å². The van der Waals surface area contributed by atoms with E-state index in [1.165, 1.54) is 22.8 Å². The van der Waals surface area contributed by atoms with Crippen molar-refractivity contribution in [1.82, 2.24) is 9.21 Å². The van der Waals surface area contributed by atoms with Gasteiger partial charge in [-0.3, -0.25) is 4.79 Å². The van der Waals surface area contributed by atoms with Gasteiger partial charge >= 0.3 is 0 Å².